The number of esters is 1. The number of anilines is 2. The van der Waals surface area contributed by atoms with Gasteiger partial charge < -0.3 is 15.4 Å². The number of para-hydroxylation sites is 1. The van der Waals surface area contributed by atoms with E-state index in [1.165, 1.54) is 24.2 Å². The van der Waals surface area contributed by atoms with E-state index in [0.29, 0.717) is 11.6 Å². The molecule has 1 aliphatic rings. The predicted octanol–water partition coefficient (Wildman–Crippen LogP) is 4.18. The summed E-state index contributed by atoms with van der Waals surface area (Å²) in [6, 6.07) is 15.0. The largest absolute Gasteiger partial charge is 0.452 e. The highest BCUT2D eigenvalue weighted by atomic mass is 32.2. The first-order valence-corrected chi connectivity index (χ1v) is 10.4. The Kier molecular flexibility index (Phi) is 6.59. The molecule has 152 valence electrons. The maximum atomic E-state index is 12.3. The van der Waals surface area contributed by atoms with Crippen molar-refractivity contribution in [3.63, 3.8) is 0 Å². The van der Waals surface area contributed by atoms with Crippen molar-refractivity contribution in [1.29, 1.82) is 0 Å². The zero-order valence-corrected chi connectivity index (χ0v) is 17.4. The predicted molar refractivity (Wildman–Crippen MR) is 114 cm³/mol. The van der Waals surface area contributed by atoms with Crippen LogP contribution < -0.4 is 10.6 Å². The Morgan fingerprint density at radius 3 is 2.48 bits per heavy atom. The Bertz CT molecular complexity index is 911. The van der Waals surface area contributed by atoms with Gasteiger partial charge in [0.05, 0.1) is 17.4 Å². The molecular formula is C22H24N2O4S. The maximum Gasteiger partial charge on any atom is 0.308 e. The van der Waals surface area contributed by atoms with Crippen molar-refractivity contribution < 1.29 is 19.1 Å². The van der Waals surface area contributed by atoms with E-state index in [1.54, 1.807) is 0 Å². The van der Waals surface area contributed by atoms with E-state index >= 15 is 0 Å². The molecule has 3 rings (SSSR count). The van der Waals surface area contributed by atoms with E-state index in [-0.39, 0.29) is 12.3 Å². The van der Waals surface area contributed by atoms with Crippen LogP contribution in [-0.4, -0.2) is 29.1 Å². The summed E-state index contributed by atoms with van der Waals surface area (Å²) in [5.74, 6) is -0.842. The summed E-state index contributed by atoms with van der Waals surface area (Å²) >= 11 is 1.32. The number of thioether (sulfide) groups is 1. The number of carbonyl (C=O) groups excluding carboxylic acids is 3. The van der Waals surface area contributed by atoms with Crippen LogP contribution in [0.2, 0.25) is 0 Å². The maximum absolute atomic E-state index is 12.3. The van der Waals surface area contributed by atoms with Crippen molar-refractivity contribution in [2.75, 3.05) is 10.6 Å². The van der Waals surface area contributed by atoms with Crippen molar-refractivity contribution in [2.24, 2.45) is 0 Å². The van der Waals surface area contributed by atoms with Crippen LogP contribution >= 0.6 is 11.8 Å². The second kappa shape index (κ2) is 9.13. The van der Waals surface area contributed by atoms with E-state index in [1.807, 2.05) is 48.5 Å². The van der Waals surface area contributed by atoms with Crippen LogP contribution in [0.25, 0.3) is 0 Å². The second-order valence-electron chi connectivity index (χ2n) is 7.19. The van der Waals surface area contributed by atoms with E-state index < -0.39 is 23.2 Å². The Labute approximate surface area is 174 Å². The van der Waals surface area contributed by atoms with Crippen LogP contribution in [-0.2, 0) is 19.1 Å². The summed E-state index contributed by atoms with van der Waals surface area (Å²) in [7, 11) is 0. The molecule has 2 N–H and O–H groups in total. The highest BCUT2D eigenvalue weighted by Crippen LogP contribution is 2.36. The SMILES string of the molecule is CC(C)c1ccc(NC(=O)[C@@H](C)OC(=O)C[C@@H]2Sc3ccccc3NC2=O)cc1. The van der Waals surface area contributed by atoms with Gasteiger partial charge in [-0.1, -0.05) is 38.1 Å². The molecule has 0 aliphatic carbocycles. The summed E-state index contributed by atoms with van der Waals surface area (Å²) in [5, 5.41) is 4.94. The van der Waals surface area contributed by atoms with Gasteiger partial charge >= 0.3 is 5.97 Å². The third-order valence-corrected chi connectivity index (χ3v) is 5.86. The molecule has 0 spiro atoms. The topological polar surface area (TPSA) is 84.5 Å². The van der Waals surface area contributed by atoms with Gasteiger partial charge in [-0.15, -0.1) is 11.8 Å². The van der Waals surface area contributed by atoms with Crippen LogP contribution in [0.5, 0.6) is 0 Å². The van der Waals surface area contributed by atoms with Crippen molar-refractivity contribution in [3.8, 4) is 0 Å². The molecule has 0 unspecified atom stereocenters. The van der Waals surface area contributed by atoms with Gasteiger partial charge in [-0.2, -0.15) is 0 Å². The Morgan fingerprint density at radius 1 is 1.10 bits per heavy atom. The Hall–Kier alpha value is -2.80. The normalized spacial score (nSPS) is 16.6. The number of hydrogen-bond acceptors (Lipinski definition) is 5. The van der Waals surface area contributed by atoms with Crippen molar-refractivity contribution in [1.82, 2.24) is 0 Å². The van der Waals surface area contributed by atoms with Gasteiger partial charge in [-0.3, -0.25) is 14.4 Å². The fourth-order valence-corrected chi connectivity index (χ4v) is 3.97. The smallest absolute Gasteiger partial charge is 0.308 e. The lowest BCUT2D eigenvalue weighted by Gasteiger charge is -2.23. The molecule has 0 radical (unpaired) electrons. The van der Waals surface area contributed by atoms with Crippen LogP contribution in [0.15, 0.2) is 53.4 Å². The molecule has 0 fully saturated rings. The van der Waals surface area contributed by atoms with Gasteiger partial charge in [0, 0.05) is 10.6 Å². The lowest BCUT2D eigenvalue weighted by Crippen LogP contribution is -2.34. The summed E-state index contributed by atoms with van der Waals surface area (Å²) < 4.78 is 5.24. The van der Waals surface area contributed by atoms with Crippen molar-refractivity contribution >= 4 is 40.9 Å². The Morgan fingerprint density at radius 2 is 1.79 bits per heavy atom. The third-order valence-electron chi connectivity index (χ3n) is 4.58. The number of benzene rings is 2. The summed E-state index contributed by atoms with van der Waals surface area (Å²) in [6.07, 6.45) is -1.07. The molecule has 0 saturated carbocycles. The molecule has 6 nitrogen and oxygen atoms in total. The van der Waals surface area contributed by atoms with Gasteiger partial charge in [0.2, 0.25) is 5.91 Å². The highest BCUT2D eigenvalue weighted by molar-refractivity contribution is 8.01. The Balaban J connectivity index is 1.52. The van der Waals surface area contributed by atoms with Gasteiger partial charge in [-0.25, -0.2) is 0 Å². The number of fused-ring (bicyclic) bond motifs is 1. The summed E-state index contributed by atoms with van der Waals surface area (Å²) in [6.45, 7) is 5.70. The van der Waals surface area contributed by atoms with Gasteiger partial charge in [0.15, 0.2) is 6.10 Å². The molecule has 1 heterocycles. The highest BCUT2D eigenvalue weighted by Gasteiger charge is 2.30. The molecule has 2 amide bonds. The number of ether oxygens (including phenoxy) is 1. The van der Waals surface area contributed by atoms with Gasteiger partial charge in [-0.05, 0) is 42.7 Å². The molecule has 29 heavy (non-hydrogen) atoms. The molecule has 0 bridgehead atoms. The standard InChI is InChI=1S/C22H24N2O4S/c1-13(2)15-8-10-16(11-9-15)23-21(26)14(3)28-20(25)12-19-22(27)24-17-6-4-5-7-18(17)29-19/h4-11,13-14,19H,12H2,1-3H3,(H,23,26)(H,24,27)/t14-,19+/m1/s1. The molecule has 2 aromatic carbocycles. The van der Waals surface area contributed by atoms with E-state index in [0.717, 1.165) is 10.6 Å². The average molecular weight is 413 g/mol. The molecule has 1 aliphatic heterocycles. The minimum absolute atomic E-state index is 0.106. The van der Waals surface area contributed by atoms with Gasteiger partial charge in [0.25, 0.3) is 5.91 Å². The fraction of sp³-hybridized carbons (Fsp3) is 0.318. The number of carbonyl (C=O) groups is 3. The van der Waals surface area contributed by atoms with E-state index in [2.05, 4.69) is 24.5 Å². The molecule has 2 atom stereocenters. The van der Waals surface area contributed by atoms with Gasteiger partial charge in [0.1, 0.15) is 0 Å². The quantitative estimate of drug-likeness (QED) is 0.695. The first kappa shape index (κ1) is 20.9. The van der Waals surface area contributed by atoms with E-state index in [4.69, 9.17) is 4.74 Å². The van der Waals surface area contributed by atoms with Crippen LogP contribution in [0.3, 0.4) is 0 Å². The van der Waals surface area contributed by atoms with E-state index in [9.17, 15) is 14.4 Å². The number of amides is 2. The van der Waals surface area contributed by atoms with Crippen molar-refractivity contribution in [3.05, 3.63) is 54.1 Å². The zero-order chi connectivity index (χ0) is 21.0. The summed E-state index contributed by atoms with van der Waals surface area (Å²) in [4.78, 5) is 37.7. The second-order valence-corrected chi connectivity index (χ2v) is 8.44. The first-order valence-electron chi connectivity index (χ1n) is 9.50. The van der Waals surface area contributed by atoms with Crippen LogP contribution in [0, 0.1) is 0 Å². The molecule has 7 heteroatoms. The summed E-state index contributed by atoms with van der Waals surface area (Å²) in [5.41, 5.74) is 2.55. The lowest BCUT2D eigenvalue weighted by molar-refractivity contribution is -0.153. The van der Waals surface area contributed by atoms with Crippen LogP contribution in [0.1, 0.15) is 38.7 Å². The number of nitrogens with one attached hydrogen (secondary N) is 2. The molecule has 0 saturated heterocycles. The van der Waals surface area contributed by atoms with Crippen molar-refractivity contribution in [2.45, 2.75) is 49.4 Å². The monoisotopic (exact) mass is 412 g/mol. The molecule has 2 aromatic rings. The molecular weight excluding hydrogens is 388 g/mol. The zero-order valence-electron chi connectivity index (χ0n) is 16.6. The third kappa shape index (κ3) is 5.38. The lowest BCUT2D eigenvalue weighted by atomic mass is 10.0. The average Bonchev–Trinajstić information content (AvgIpc) is 2.68. The minimum atomic E-state index is -0.962. The fourth-order valence-electron chi connectivity index (χ4n) is 2.87. The number of hydrogen-bond donors (Lipinski definition) is 2. The number of rotatable bonds is 6. The van der Waals surface area contributed by atoms with Crippen LogP contribution in [0.4, 0.5) is 11.4 Å². The minimum Gasteiger partial charge on any atom is -0.452 e. The molecule has 0 aromatic heterocycles. The first-order chi connectivity index (χ1) is 13.8.